The molecule has 0 unspecified atom stereocenters. The van der Waals surface area contributed by atoms with Crippen molar-refractivity contribution in [3.05, 3.63) is 30.1 Å². The molecule has 1 rings (SSSR count). The third kappa shape index (κ3) is 2.55. The Hall–Kier alpha value is -0.893. The van der Waals surface area contributed by atoms with Crippen molar-refractivity contribution in [2.45, 2.75) is 33.5 Å². The predicted octanol–water partition coefficient (Wildman–Crippen LogP) is 3.05. The van der Waals surface area contributed by atoms with Crippen molar-refractivity contribution in [3.8, 4) is 0 Å². The maximum Gasteiger partial charge on any atom is 0.0796 e. The lowest BCUT2D eigenvalue weighted by atomic mass is 10.2. The molecule has 0 saturated heterocycles. The van der Waals surface area contributed by atoms with Gasteiger partial charge in [0.15, 0.2) is 0 Å². The fourth-order valence-electron chi connectivity index (χ4n) is 1.22. The van der Waals surface area contributed by atoms with Crippen LogP contribution in [0.5, 0.6) is 0 Å². The van der Waals surface area contributed by atoms with E-state index in [1.807, 2.05) is 13.1 Å². The predicted molar refractivity (Wildman–Crippen MR) is 66.5 cm³/mol. The van der Waals surface area contributed by atoms with E-state index in [1.54, 1.807) is 0 Å². The molecule has 0 aliphatic carbocycles. The van der Waals surface area contributed by atoms with E-state index in [0.29, 0.717) is 0 Å². The van der Waals surface area contributed by atoms with Crippen molar-refractivity contribution >= 4 is 18.8 Å². The minimum atomic E-state index is -1.18. The maximum absolute atomic E-state index is 4.48. The van der Waals surface area contributed by atoms with E-state index in [2.05, 4.69) is 49.8 Å². The first-order chi connectivity index (χ1) is 6.45. The zero-order valence-electron chi connectivity index (χ0n) is 9.76. The van der Waals surface area contributed by atoms with Crippen molar-refractivity contribution in [2.75, 3.05) is 0 Å². The first-order valence-electron chi connectivity index (χ1n) is 5.05. The molecule has 1 heterocycles. The third-order valence-corrected chi connectivity index (χ3v) is 4.49. The van der Waals surface area contributed by atoms with Crippen LogP contribution < -0.4 is 5.19 Å². The molecule has 0 saturated carbocycles. The summed E-state index contributed by atoms with van der Waals surface area (Å²) in [6.07, 6.45) is 4.13. The van der Waals surface area contributed by atoms with Gasteiger partial charge in [0.2, 0.25) is 0 Å². The monoisotopic (exact) mass is 205 g/mol. The summed E-state index contributed by atoms with van der Waals surface area (Å²) in [5.74, 6) is 0. The van der Waals surface area contributed by atoms with Crippen LogP contribution in [0.1, 0.15) is 19.5 Å². The van der Waals surface area contributed by atoms with Crippen molar-refractivity contribution < 1.29 is 0 Å². The Bertz CT molecular complexity index is 330. The van der Waals surface area contributed by atoms with E-state index in [4.69, 9.17) is 0 Å². The number of allylic oxidation sites excluding steroid dienone is 2. The summed E-state index contributed by atoms with van der Waals surface area (Å²) in [5, 5.41) is 1.42. The molecule has 14 heavy (non-hydrogen) atoms. The Kier molecular flexibility index (Phi) is 3.27. The van der Waals surface area contributed by atoms with Gasteiger partial charge in [-0.25, -0.2) is 0 Å². The van der Waals surface area contributed by atoms with Crippen LogP contribution in [0.15, 0.2) is 24.4 Å². The fourth-order valence-corrected chi connectivity index (χ4v) is 2.25. The van der Waals surface area contributed by atoms with Gasteiger partial charge in [0.1, 0.15) is 0 Å². The van der Waals surface area contributed by atoms with E-state index in [1.165, 1.54) is 10.8 Å². The smallest absolute Gasteiger partial charge is 0.0796 e. The van der Waals surface area contributed by atoms with Crippen LogP contribution in [0, 0.1) is 0 Å². The minimum absolute atomic E-state index is 1.09. The number of aromatic nitrogens is 1. The van der Waals surface area contributed by atoms with Crippen LogP contribution in [0.25, 0.3) is 5.57 Å². The lowest BCUT2D eigenvalue weighted by Crippen LogP contribution is -2.37. The molecule has 2 heteroatoms. The largest absolute Gasteiger partial charge is 0.257 e. The molecule has 1 nitrogen and oxygen atoms in total. The molecular formula is C12H19NSi. The molecule has 0 bridgehead atoms. The number of nitrogens with zero attached hydrogens (tertiary/aromatic N) is 1. The van der Waals surface area contributed by atoms with Gasteiger partial charge >= 0.3 is 0 Å². The Morgan fingerprint density at radius 3 is 2.29 bits per heavy atom. The van der Waals surface area contributed by atoms with Crippen LogP contribution in [0.2, 0.25) is 19.6 Å². The van der Waals surface area contributed by atoms with Crippen molar-refractivity contribution in [2.24, 2.45) is 0 Å². The average molecular weight is 205 g/mol. The summed E-state index contributed by atoms with van der Waals surface area (Å²) in [7, 11) is -1.18. The summed E-state index contributed by atoms with van der Waals surface area (Å²) in [5.41, 5.74) is 2.33. The minimum Gasteiger partial charge on any atom is -0.257 e. The van der Waals surface area contributed by atoms with Gasteiger partial charge in [-0.1, -0.05) is 31.8 Å². The van der Waals surface area contributed by atoms with Gasteiger partial charge in [-0.3, -0.25) is 4.98 Å². The molecule has 0 N–H and O–H groups in total. The van der Waals surface area contributed by atoms with E-state index in [0.717, 1.165) is 5.69 Å². The molecule has 0 aliphatic rings. The fraction of sp³-hybridized carbons (Fsp3) is 0.417. The van der Waals surface area contributed by atoms with Gasteiger partial charge in [0.25, 0.3) is 0 Å². The number of rotatable bonds is 2. The second-order valence-electron chi connectivity index (χ2n) is 4.65. The highest BCUT2D eigenvalue weighted by Gasteiger charge is 2.16. The van der Waals surface area contributed by atoms with Crippen LogP contribution in [0.3, 0.4) is 0 Å². The molecular weight excluding hydrogens is 186 g/mol. The van der Waals surface area contributed by atoms with Crippen LogP contribution in [0.4, 0.5) is 0 Å². The second-order valence-corrected chi connectivity index (χ2v) is 9.73. The SMILES string of the molecule is C/C=C(\C)c1ccc([Si](C)(C)C)cn1. The standard InChI is InChI=1S/C12H19NSi/c1-6-10(2)12-8-7-11(9-13-12)14(3,4)5/h6-9H,1-5H3/b10-6+. The summed E-state index contributed by atoms with van der Waals surface area (Å²) in [4.78, 5) is 4.48. The van der Waals surface area contributed by atoms with Crippen molar-refractivity contribution in [3.63, 3.8) is 0 Å². The first-order valence-corrected chi connectivity index (χ1v) is 8.55. The summed E-state index contributed by atoms with van der Waals surface area (Å²) in [6, 6.07) is 4.35. The topological polar surface area (TPSA) is 12.9 Å². The Morgan fingerprint density at radius 2 is 1.93 bits per heavy atom. The molecule has 1 aromatic heterocycles. The zero-order valence-corrected chi connectivity index (χ0v) is 10.8. The molecule has 76 valence electrons. The molecule has 0 aromatic carbocycles. The molecule has 0 fully saturated rings. The second kappa shape index (κ2) is 4.09. The van der Waals surface area contributed by atoms with Gasteiger partial charge in [-0.2, -0.15) is 0 Å². The van der Waals surface area contributed by atoms with E-state index in [-0.39, 0.29) is 0 Å². The van der Waals surface area contributed by atoms with E-state index < -0.39 is 8.07 Å². The molecule has 0 radical (unpaired) electrons. The van der Waals surface area contributed by atoms with E-state index >= 15 is 0 Å². The quantitative estimate of drug-likeness (QED) is 0.676. The zero-order chi connectivity index (χ0) is 10.8. The number of hydrogen-bond donors (Lipinski definition) is 0. The van der Waals surface area contributed by atoms with Crippen molar-refractivity contribution in [1.82, 2.24) is 4.98 Å². The first kappa shape index (κ1) is 11.2. The molecule has 0 amide bonds. The highest BCUT2D eigenvalue weighted by molar-refractivity contribution is 6.88. The van der Waals surface area contributed by atoms with Crippen LogP contribution in [-0.2, 0) is 0 Å². The van der Waals surface area contributed by atoms with Gasteiger partial charge in [0.05, 0.1) is 13.8 Å². The lowest BCUT2D eigenvalue weighted by Gasteiger charge is -2.16. The number of pyridine rings is 1. The normalized spacial score (nSPS) is 13.1. The third-order valence-electron chi connectivity index (χ3n) is 2.47. The summed E-state index contributed by atoms with van der Waals surface area (Å²) >= 11 is 0. The Balaban J connectivity index is 3.01. The average Bonchev–Trinajstić information content (AvgIpc) is 2.15. The number of hydrogen-bond acceptors (Lipinski definition) is 1. The molecule has 0 aliphatic heterocycles. The summed E-state index contributed by atoms with van der Waals surface area (Å²) < 4.78 is 0. The van der Waals surface area contributed by atoms with Gasteiger partial charge in [-0.05, 0) is 30.7 Å². The molecule has 1 aromatic rings. The highest BCUT2D eigenvalue weighted by atomic mass is 28.3. The lowest BCUT2D eigenvalue weighted by molar-refractivity contribution is 1.27. The van der Waals surface area contributed by atoms with Gasteiger partial charge in [-0.15, -0.1) is 0 Å². The van der Waals surface area contributed by atoms with Gasteiger partial charge < -0.3 is 0 Å². The van der Waals surface area contributed by atoms with Gasteiger partial charge in [0, 0.05) is 6.20 Å². The molecule has 0 atom stereocenters. The molecule has 0 spiro atoms. The highest BCUT2D eigenvalue weighted by Crippen LogP contribution is 2.09. The summed E-state index contributed by atoms with van der Waals surface area (Å²) in [6.45, 7) is 11.2. The Morgan fingerprint density at radius 1 is 1.29 bits per heavy atom. The maximum atomic E-state index is 4.48. The van der Waals surface area contributed by atoms with Crippen LogP contribution >= 0.6 is 0 Å². The van der Waals surface area contributed by atoms with Crippen molar-refractivity contribution in [1.29, 1.82) is 0 Å². The Labute approximate surface area is 87.9 Å². The van der Waals surface area contributed by atoms with Crippen LogP contribution in [-0.4, -0.2) is 13.1 Å². The van der Waals surface area contributed by atoms with E-state index in [9.17, 15) is 0 Å².